The van der Waals surface area contributed by atoms with E-state index in [-0.39, 0.29) is 13.0 Å². The highest BCUT2D eigenvalue weighted by molar-refractivity contribution is 9.10. The Morgan fingerprint density at radius 3 is 2.65 bits per heavy atom. The lowest BCUT2D eigenvalue weighted by Crippen LogP contribution is -2.38. The number of rotatable bonds is 3. The van der Waals surface area contributed by atoms with Crippen LogP contribution >= 0.6 is 15.9 Å². The third-order valence-electron chi connectivity index (χ3n) is 3.49. The van der Waals surface area contributed by atoms with E-state index in [0.717, 1.165) is 10.4 Å². The van der Waals surface area contributed by atoms with Crippen LogP contribution < -0.4 is 0 Å². The fourth-order valence-corrected chi connectivity index (χ4v) is 4.45. The minimum absolute atomic E-state index is 0.0793. The average Bonchev–Trinajstić information content (AvgIpc) is 2.71. The maximum absolute atomic E-state index is 13.8. The van der Waals surface area contributed by atoms with Gasteiger partial charge in [0.05, 0.1) is 5.92 Å². The lowest BCUT2D eigenvalue weighted by Gasteiger charge is -2.23. The van der Waals surface area contributed by atoms with Gasteiger partial charge in [-0.05, 0) is 31.5 Å². The normalized spacial score (nSPS) is 23.9. The first-order valence-electron chi connectivity index (χ1n) is 5.95. The molecule has 1 N–H and O–H groups in total. The number of halogens is 2. The molecule has 1 saturated heterocycles. The molecule has 2 atom stereocenters. The molecule has 20 heavy (non-hydrogen) atoms. The number of hydrogen-bond donors (Lipinski definition) is 1. The van der Waals surface area contributed by atoms with Gasteiger partial charge in [0.25, 0.3) is 0 Å². The summed E-state index contributed by atoms with van der Waals surface area (Å²) in [5, 5.41) is 9.03. The summed E-state index contributed by atoms with van der Waals surface area (Å²) in [5.41, 5.74) is 0. The number of hydrogen-bond acceptors (Lipinski definition) is 3. The summed E-state index contributed by atoms with van der Waals surface area (Å²) in [6.07, 6.45) is 0.230. The molecule has 1 aromatic rings. The van der Waals surface area contributed by atoms with Gasteiger partial charge in [0.15, 0.2) is 0 Å². The zero-order valence-corrected chi connectivity index (χ0v) is 13.0. The lowest BCUT2D eigenvalue weighted by molar-refractivity contribution is -0.142. The first-order valence-corrected chi connectivity index (χ1v) is 8.18. The second-order valence-electron chi connectivity index (χ2n) is 4.66. The number of nitrogens with zero attached hydrogens (tertiary/aromatic N) is 1. The molecule has 0 bridgehead atoms. The minimum Gasteiger partial charge on any atom is -0.481 e. The van der Waals surface area contributed by atoms with E-state index in [1.165, 1.54) is 19.1 Å². The molecule has 0 radical (unpaired) electrons. The maximum atomic E-state index is 13.8. The third kappa shape index (κ3) is 2.59. The highest BCUT2D eigenvalue weighted by Gasteiger charge is 2.42. The topological polar surface area (TPSA) is 74.7 Å². The van der Waals surface area contributed by atoms with Crippen LogP contribution in [0.5, 0.6) is 0 Å². The van der Waals surface area contributed by atoms with E-state index in [1.807, 2.05) is 0 Å². The van der Waals surface area contributed by atoms with E-state index in [1.54, 1.807) is 0 Å². The van der Waals surface area contributed by atoms with Crippen LogP contribution in [0.1, 0.15) is 13.3 Å². The van der Waals surface area contributed by atoms with Crippen LogP contribution in [0.2, 0.25) is 0 Å². The second-order valence-corrected chi connectivity index (χ2v) is 7.44. The van der Waals surface area contributed by atoms with Crippen molar-refractivity contribution in [1.29, 1.82) is 0 Å². The van der Waals surface area contributed by atoms with Crippen LogP contribution in [-0.4, -0.2) is 36.4 Å². The Morgan fingerprint density at radius 1 is 1.50 bits per heavy atom. The maximum Gasteiger partial charge on any atom is 0.308 e. The average molecular weight is 366 g/mol. The van der Waals surface area contributed by atoms with Crippen LogP contribution in [0.3, 0.4) is 0 Å². The molecule has 0 aliphatic carbocycles. The zero-order valence-electron chi connectivity index (χ0n) is 10.6. The molecule has 0 saturated carbocycles. The standard InChI is InChI=1S/C12H13BrFNO4S/c1-7-9(12(16)17)4-5-15(7)20(18,19)11-3-2-8(13)6-10(11)14/h2-3,6-7,9H,4-5H2,1H3,(H,16,17). The van der Waals surface area contributed by atoms with Crippen molar-refractivity contribution >= 4 is 31.9 Å². The number of carboxylic acids is 1. The van der Waals surface area contributed by atoms with Gasteiger partial charge in [0.2, 0.25) is 10.0 Å². The fraction of sp³-hybridized carbons (Fsp3) is 0.417. The molecule has 1 aromatic carbocycles. The predicted octanol–water partition coefficient (Wildman–Crippen LogP) is 2.07. The van der Waals surface area contributed by atoms with Crippen LogP contribution in [0.4, 0.5) is 4.39 Å². The summed E-state index contributed by atoms with van der Waals surface area (Å²) in [7, 11) is -4.03. The Labute approximate surface area is 124 Å². The minimum atomic E-state index is -4.03. The van der Waals surface area contributed by atoms with Crippen molar-refractivity contribution in [3.63, 3.8) is 0 Å². The van der Waals surface area contributed by atoms with E-state index in [0.29, 0.717) is 4.47 Å². The van der Waals surface area contributed by atoms with Crippen molar-refractivity contribution in [3.05, 3.63) is 28.5 Å². The number of carbonyl (C=O) groups is 1. The first-order chi connectivity index (χ1) is 9.25. The van der Waals surface area contributed by atoms with Crippen molar-refractivity contribution in [2.75, 3.05) is 6.54 Å². The monoisotopic (exact) mass is 365 g/mol. The Kier molecular flexibility index (Phi) is 4.17. The van der Waals surface area contributed by atoms with Crippen molar-refractivity contribution in [2.24, 2.45) is 5.92 Å². The highest BCUT2D eigenvalue weighted by Crippen LogP contribution is 2.31. The van der Waals surface area contributed by atoms with E-state index >= 15 is 0 Å². The van der Waals surface area contributed by atoms with Crippen molar-refractivity contribution in [2.45, 2.75) is 24.3 Å². The number of carboxylic acid groups (broad SMARTS) is 1. The summed E-state index contributed by atoms with van der Waals surface area (Å²) in [6.45, 7) is 1.61. The first kappa shape index (κ1) is 15.4. The second kappa shape index (κ2) is 5.42. The van der Waals surface area contributed by atoms with Gasteiger partial charge in [-0.15, -0.1) is 0 Å². The van der Waals surface area contributed by atoms with Crippen molar-refractivity contribution in [1.82, 2.24) is 4.31 Å². The molecule has 2 rings (SSSR count). The van der Waals surface area contributed by atoms with E-state index < -0.39 is 38.7 Å². The van der Waals surface area contributed by atoms with Crippen LogP contribution in [0, 0.1) is 11.7 Å². The molecule has 0 spiro atoms. The van der Waals surface area contributed by atoms with E-state index in [9.17, 15) is 17.6 Å². The number of benzene rings is 1. The molecule has 2 unspecified atom stereocenters. The quantitative estimate of drug-likeness (QED) is 0.889. The Balaban J connectivity index is 2.39. The van der Waals surface area contributed by atoms with Gasteiger partial charge in [-0.1, -0.05) is 15.9 Å². The van der Waals surface area contributed by atoms with Gasteiger partial charge in [-0.25, -0.2) is 12.8 Å². The fourth-order valence-electron chi connectivity index (χ4n) is 2.39. The van der Waals surface area contributed by atoms with Crippen LogP contribution in [-0.2, 0) is 14.8 Å². The van der Waals surface area contributed by atoms with Gasteiger partial charge < -0.3 is 5.11 Å². The molecular formula is C12H13BrFNO4S. The summed E-state index contributed by atoms with van der Waals surface area (Å²) < 4.78 is 40.2. The Morgan fingerprint density at radius 2 is 2.15 bits per heavy atom. The van der Waals surface area contributed by atoms with Crippen molar-refractivity contribution < 1.29 is 22.7 Å². The molecule has 0 amide bonds. The molecule has 8 heteroatoms. The summed E-state index contributed by atoms with van der Waals surface area (Å²) >= 11 is 3.06. The smallest absolute Gasteiger partial charge is 0.308 e. The Hall–Kier alpha value is -0.990. The highest BCUT2D eigenvalue weighted by atomic mass is 79.9. The molecule has 110 valence electrons. The summed E-state index contributed by atoms with van der Waals surface area (Å²) in [6, 6.07) is 2.99. The summed E-state index contributed by atoms with van der Waals surface area (Å²) in [4.78, 5) is 10.6. The van der Waals surface area contributed by atoms with Gasteiger partial charge >= 0.3 is 5.97 Å². The van der Waals surface area contributed by atoms with Crippen LogP contribution in [0.25, 0.3) is 0 Å². The number of aliphatic carboxylic acids is 1. The zero-order chi connectivity index (χ0) is 15.1. The lowest BCUT2D eigenvalue weighted by atomic mass is 10.0. The largest absolute Gasteiger partial charge is 0.481 e. The predicted molar refractivity (Wildman–Crippen MR) is 73.2 cm³/mol. The Bertz CT molecular complexity index is 649. The van der Waals surface area contributed by atoms with Crippen LogP contribution in [0.15, 0.2) is 27.6 Å². The summed E-state index contributed by atoms with van der Waals surface area (Å²) in [5.74, 6) is -2.65. The van der Waals surface area contributed by atoms with Gasteiger partial charge in [0.1, 0.15) is 10.7 Å². The van der Waals surface area contributed by atoms with E-state index in [2.05, 4.69) is 15.9 Å². The molecule has 1 aliphatic heterocycles. The molecule has 1 fully saturated rings. The van der Waals surface area contributed by atoms with Gasteiger partial charge in [-0.3, -0.25) is 4.79 Å². The third-order valence-corrected chi connectivity index (χ3v) is 6.01. The molecule has 5 nitrogen and oxygen atoms in total. The van der Waals surface area contributed by atoms with Crippen molar-refractivity contribution in [3.8, 4) is 0 Å². The van der Waals surface area contributed by atoms with E-state index in [4.69, 9.17) is 5.11 Å². The molecule has 1 aliphatic rings. The van der Waals surface area contributed by atoms with Gasteiger partial charge in [-0.2, -0.15) is 4.31 Å². The van der Waals surface area contributed by atoms with Gasteiger partial charge in [0, 0.05) is 17.1 Å². The molecular weight excluding hydrogens is 353 g/mol. The SMILES string of the molecule is CC1C(C(=O)O)CCN1S(=O)(=O)c1ccc(Br)cc1F. The number of sulfonamides is 1. The molecule has 1 heterocycles. The molecule has 0 aromatic heterocycles.